The number of esters is 3. The van der Waals surface area contributed by atoms with Gasteiger partial charge in [-0.3, -0.25) is 14.4 Å². The van der Waals surface area contributed by atoms with Crippen molar-refractivity contribution >= 4 is 17.9 Å². The molecule has 0 rings (SSSR count). The van der Waals surface area contributed by atoms with Gasteiger partial charge in [0.25, 0.3) is 0 Å². The van der Waals surface area contributed by atoms with Gasteiger partial charge in [0.15, 0.2) is 6.10 Å². The lowest BCUT2D eigenvalue weighted by atomic mass is 10.0. The molecule has 1 atom stereocenters. The lowest BCUT2D eigenvalue weighted by Gasteiger charge is -2.18. The molecule has 0 saturated heterocycles. The van der Waals surface area contributed by atoms with Crippen molar-refractivity contribution in [3.05, 3.63) is 122 Å². The Morgan fingerprint density at radius 2 is 0.476 bits per heavy atom. The Balaban J connectivity index is 4.42. The summed E-state index contributed by atoms with van der Waals surface area (Å²) >= 11 is 0. The first-order valence-corrected chi connectivity index (χ1v) is 34.5. The molecule has 82 heavy (non-hydrogen) atoms. The predicted octanol–water partition coefficient (Wildman–Crippen LogP) is 23.9. The van der Waals surface area contributed by atoms with Crippen LogP contribution in [0.2, 0.25) is 0 Å². The Bertz CT molecular complexity index is 1690. The lowest BCUT2D eigenvalue weighted by molar-refractivity contribution is -0.167. The molecule has 0 amide bonds. The van der Waals surface area contributed by atoms with Crippen molar-refractivity contribution in [3.63, 3.8) is 0 Å². The third-order valence-corrected chi connectivity index (χ3v) is 14.7. The summed E-state index contributed by atoms with van der Waals surface area (Å²) in [6, 6.07) is 0. The SMILES string of the molecule is CC/C=C\C/C=C\C/C=C\C/C=C\C/C=C\CCCCCCCCCC(=O)OCC(COC(=O)CCCCCCCCC/C=C\CCCCCCCCC)OC(=O)CCCCCCCCCCCC/C=C\C/C=C\C/C=C\C/C=C\CC. The third kappa shape index (κ3) is 66.6. The molecule has 0 aromatic heterocycles. The fraction of sp³-hybridized carbons (Fsp3) is 0.697. The Morgan fingerprint density at radius 3 is 0.756 bits per heavy atom. The van der Waals surface area contributed by atoms with Crippen molar-refractivity contribution in [3.8, 4) is 0 Å². The van der Waals surface area contributed by atoms with E-state index in [9.17, 15) is 14.4 Å². The van der Waals surface area contributed by atoms with Gasteiger partial charge in [0, 0.05) is 19.3 Å². The normalized spacial score (nSPS) is 12.9. The second-order valence-corrected chi connectivity index (χ2v) is 22.7. The smallest absolute Gasteiger partial charge is 0.306 e. The van der Waals surface area contributed by atoms with Crippen LogP contribution in [0.5, 0.6) is 0 Å². The number of ether oxygens (including phenoxy) is 3. The lowest BCUT2D eigenvalue weighted by Crippen LogP contribution is -2.30. The molecule has 468 valence electrons. The molecule has 0 aromatic carbocycles. The number of carbonyl (C=O) groups is 3. The van der Waals surface area contributed by atoms with E-state index >= 15 is 0 Å². The second-order valence-electron chi connectivity index (χ2n) is 22.7. The molecule has 0 N–H and O–H groups in total. The van der Waals surface area contributed by atoms with E-state index in [-0.39, 0.29) is 31.1 Å². The van der Waals surface area contributed by atoms with Crippen LogP contribution < -0.4 is 0 Å². The van der Waals surface area contributed by atoms with E-state index in [2.05, 4.69) is 142 Å². The Labute approximate surface area is 507 Å². The summed E-state index contributed by atoms with van der Waals surface area (Å²) in [5, 5.41) is 0. The van der Waals surface area contributed by atoms with Crippen LogP contribution in [0.1, 0.15) is 323 Å². The minimum atomic E-state index is -0.793. The predicted molar refractivity (Wildman–Crippen MR) is 357 cm³/mol. The van der Waals surface area contributed by atoms with Crippen molar-refractivity contribution in [2.75, 3.05) is 13.2 Å². The van der Waals surface area contributed by atoms with Crippen molar-refractivity contribution in [1.82, 2.24) is 0 Å². The molecular formula is C76H128O6. The fourth-order valence-corrected chi connectivity index (χ4v) is 9.57. The maximum atomic E-state index is 13.0. The van der Waals surface area contributed by atoms with Gasteiger partial charge in [-0.25, -0.2) is 0 Å². The summed E-state index contributed by atoms with van der Waals surface area (Å²) in [6.07, 6.45) is 96.3. The first kappa shape index (κ1) is 77.8. The molecule has 0 fully saturated rings. The summed E-state index contributed by atoms with van der Waals surface area (Å²) in [7, 11) is 0. The van der Waals surface area contributed by atoms with Gasteiger partial charge < -0.3 is 14.2 Å². The van der Waals surface area contributed by atoms with Gasteiger partial charge in [-0.15, -0.1) is 0 Å². The van der Waals surface area contributed by atoms with Gasteiger partial charge in [-0.05, 0) is 128 Å². The topological polar surface area (TPSA) is 78.9 Å². The monoisotopic (exact) mass is 1140 g/mol. The summed E-state index contributed by atoms with van der Waals surface area (Å²) in [5.74, 6) is -0.895. The van der Waals surface area contributed by atoms with E-state index in [1.54, 1.807) is 0 Å². The number of rotatable bonds is 62. The van der Waals surface area contributed by atoms with Gasteiger partial charge in [-0.1, -0.05) is 296 Å². The van der Waals surface area contributed by atoms with Crippen LogP contribution in [-0.2, 0) is 28.6 Å². The van der Waals surface area contributed by atoms with Gasteiger partial charge in [-0.2, -0.15) is 0 Å². The molecule has 6 nitrogen and oxygen atoms in total. The fourth-order valence-electron chi connectivity index (χ4n) is 9.57. The Morgan fingerprint density at radius 1 is 0.256 bits per heavy atom. The highest BCUT2D eigenvalue weighted by molar-refractivity contribution is 5.71. The number of hydrogen-bond donors (Lipinski definition) is 0. The van der Waals surface area contributed by atoms with Crippen molar-refractivity contribution < 1.29 is 28.6 Å². The van der Waals surface area contributed by atoms with E-state index in [1.807, 2.05) is 0 Å². The van der Waals surface area contributed by atoms with E-state index in [0.717, 1.165) is 122 Å². The van der Waals surface area contributed by atoms with E-state index in [1.165, 1.54) is 161 Å². The maximum Gasteiger partial charge on any atom is 0.306 e. The molecular weight excluding hydrogens is 1010 g/mol. The van der Waals surface area contributed by atoms with Crippen LogP contribution in [0, 0.1) is 0 Å². The van der Waals surface area contributed by atoms with Crippen LogP contribution in [0.25, 0.3) is 0 Å². The van der Waals surface area contributed by atoms with Gasteiger partial charge in [0.05, 0.1) is 0 Å². The number of allylic oxidation sites excluding steroid dienone is 20. The van der Waals surface area contributed by atoms with Crippen molar-refractivity contribution in [2.45, 2.75) is 329 Å². The van der Waals surface area contributed by atoms with E-state index in [4.69, 9.17) is 14.2 Å². The van der Waals surface area contributed by atoms with Crippen molar-refractivity contribution in [2.24, 2.45) is 0 Å². The summed E-state index contributed by atoms with van der Waals surface area (Å²) < 4.78 is 17.0. The zero-order valence-electron chi connectivity index (χ0n) is 53.7. The molecule has 0 heterocycles. The van der Waals surface area contributed by atoms with Gasteiger partial charge >= 0.3 is 17.9 Å². The zero-order chi connectivity index (χ0) is 59.2. The molecule has 0 aliphatic rings. The van der Waals surface area contributed by atoms with Gasteiger partial charge in [0.1, 0.15) is 13.2 Å². The maximum absolute atomic E-state index is 13.0. The van der Waals surface area contributed by atoms with E-state index < -0.39 is 6.10 Å². The quantitative estimate of drug-likeness (QED) is 0.0261. The average molecular weight is 1140 g/mol. The summed E-state index contributed by atoms with van der Waals surface area (Å²) in [6.45, 7) is 6.43. The second kappa shape index (κ2) is 69.3. The highest BCUT2D eigenvalue weighted by Crippen LogP contribution is 2.16. The Hall–Kier alpha value is -4.19. The van der Waals surface area contributed by atoms with Crippen LogP contribution in [0.4, 0.5) is 0 Å². The molecule has 1 unspecified atom stereocenters. The highest BCUT2D eigenvalue weighted by atomic mass is 16.6. The minimum absolute atomic E-state index is 0.0864. The highest BCUT2D eigenvalue weighted by Gasteiger charge is 2.19. The average Bonchev–Trinajstić information content (AvgIpc) is 3.47. The number of hydrogen-bond acceptors (Lipinski definition) is 6. The molecule has 0 radical (unpaired) electrons. The van der Waals surface area contributed by atoms with Crippen LogP contribution >= 0.6 is 0 Å². The minimum Gasteiger partial charge on any atom is -0.462 e. The molecule has 6 heteroatoms. The van der Waals surface area contributed by atoms with Crippen molar-refractivity contribution in [1.29, 1.82) is 0 Å². The third-order valence-electron chi connectivity index (χ3n) is 14.7. The molecule has 0 aliphatic carbocycles. The zero-order valence-corrected chi connectivity index (χ0v) is 53.7. The molecule has 0 aliphatic heterocycles. The van der Waals surface area contributed by atoms with E-state index in [0.29, 0.717) is 19.3 Å². The standard InChI is InChI=1S/C76H128O6/c1-4-7-10-13-16-19-22-25-28-31-34-36-38-40-42-45-48-51-54-57-60-63-66-69-75(78)81-72-73(71-80-74(77)68-65-62-59-56-53-50-47-44-33-30-27-24-21-18-15-12-9-6-3)82-76(79)70-67-64-61-58-55-52-49-46-43-41-39-37-35-32-29-26-23-20-17-14-11-8-5-2/h7-8,10-11,16-17,19-20,25-26,28-30,33-37,40,42,73H,4-6,9,12-15,18,21-24,27,31-32,38-39,41,43-72H2,1-3H3/b10-7-,11-8-,19-16-,20-17-,28-25-,29-26-,33-30-,36-34-,37-35-,42-40-. The first-order chi connectivity index (χ1) is 40.5. The number of unbranched alkanes of at least 4 members (excludes halogenated alkanes) is 31. The molecule has 0 saturated carbocycles. The summed E-state index contributed by atoms with van der Waals surface area (Å²) in [4.78, 5) is 38.5. The Kier molecular flexibility index (Phi) is 65.8. The number of carbonyl (C=O) groups excluding carboxylic acids is 3. The van der Waals surface area contributed by atoms with Crippen LogP contribution in [-0.4, -0.2) is 37.2 Å². The molecule has 0 spiro atoms. The first-order valence-electron chi connectivity index (χ1n) is 34.5. The largest absolute Gasteiger partial charge is 0.462 e. The molecule has 0 aromatic rings. The summed E-state index contributed by atoms with van der Waals surface area (Å²) in [5.41, 5.74) is 0. The van der Waals surface area contributed by atoms with Crippen LogP contribution in [0.15, 0.2) is 122 Å². The molecule has 0 bridgehead atoms. The van der Waals surface area contributed by atoms with Crippen LogP contribution in [0.3, 0.4) is 0 Å². The van der Waals surface area contributed by atoms with Gasteiger partial charge in [0.2, 0.25) is 0 Å².